The number of rotatable bonds is 4. The fraction of sp³-hybridized carbons (Fsp3) is 0.667. The molecule has 0 aliphatic carbocycles. The number of hydrogen-bond donors (Lipinski definition) is 2. The first-order chi connectivity index (χ1) is 11.9. The number of fused-ring (bicyclic) bond motifs is 2. The Balaban J connectivity index is 1.80. The maximum absolute atomic E-state index is 9.63. The molecule has 0 aromatic carbocycles. The molecule has 3 N–H and O–H groups in total. The van der Waals surface area contributed by atoms with E-state index >= 15 is 0 Å². The Labute approximate surface area is 143 Å². The molecule has 4 heterocycles. The molecule has 2 aliphatic heterocycles. The second-order valence-electron chi connectivity index (χ2n) is 6.45. The number of anilines is 1. The summed E-state index contributed by atoms with van der Waals surface area (Å²) in [6.07, 6.45) is -0.641. The molecule has 0 amide bonds. The Morgan fingerprint density at radius 1 is 1.32 bits per heavy atom. The van der Waals surface area contributed by atoms with Crippen molar-refractivity contribution in [3.8, 4) is 5.88 Å². The zero-order valence-corrected chi connectivity index (χ0v) is 14.2. The Kier molecular flexibility index (Phi) is 3.80. The predicted molar refractivity (Wildman–Crippen MR) is 85.7 cm³/mol. The van der Waals surface area contributed by atoms with Crippen LogP contribution in [0.5, 0.6) is 5.88 Å². The summed E-state index contributed by atoms with van der Waals surface area (Å²) in [6.45, 7) is 5.73. The first-order valence-corrected chi connectivity index (χ1v) is 8.18. The van der Waals surface area contributed by atoms with Crippen LogP contribution in [0, 0.1) is 0 Å². The van der Waals surface area contributed by atoms with Gasteiger partial charge in [0.2, 0.25) is 5.88 Å². The summed E-state index contributed by atoms with van der Waals surface area (Å²) in [4.78, 5) is 8.29. The van der Waals surface area contributed by atoms with Crippen molar-refractivity contribution in [1.29, 1.82) is 0 Å². The number of ether oxygens (including phenoxy) is 4. The van der Waals surface area contributed by atoms with Crippen LogP contribution >= 0.6 is 0 Å². The van der Waals surface area contributed by atoms with Crippen LogP contribution < -0.4 is 10.5 Å². The molecule has 0 bridgehead atoms. The molecule has 0 unspecified atom stereocenters. The first-order valence-electron chi connectivity index (χ1n) is 8.18. The van der Waals surface area contributed by atoms with Gasteiger partial charge in [0, 0.05) is 0 Å². The van der Waals surface area contributed by atoms with Crippen molar-refractivity contribution in [2.24, 2.45) is 0 Å². The third-order valence-corrected chi connectivity index (χ3v) is 4.31. The molecule has 25 heavy (non-hydrogen) atoms. The largest absolute Gasteiger partial charge is 0.476 e. The standard InChI is InChI=1S/C15H21N5O5/c1-4-22-13-8-11(16)17-6-18-12(8)20(19-13)14-10-9(7(5-21)23-14)24-15(2,3)25-10/h6-7,9-10,14,21H,4-5H2,1-3H3,(H2,16,17,18)/t7-,9-,10-,14-/m1/s1. The van der Waals surface area contributed by atoms with Crippen LogP contribution in [-0.2, 0) is 14.2 Å². The third-order valence-electron chi connectivity index (χ3n) is 4.31. The number of nitrogens with zero attached hydrogens (tertiary/aromatic N) is 4. The first kappa shape index (κ1) is 16.5. The molecular formula is C15H21N5O5. The highest BCUT2D eigenvalue weighted by molar-refractivity contribution is 5.90. The molecule has 2 aromatic heterocycles. The maximum atomic E-state index is 9.63. The average Bonchev–Trinajstić information content (AvgIpc) is 3.17. The number of nitrogens with two attached hydrogens (primary N) is 1. The number of aromatic nitrogens is 4. The zero-order chi connectivity index (χ0) is 17.8. The van der Waals surface area contributed by atoms with E-state index in [9.17, 15) is 5.11 Å². The van der Waals surface area contributed by atoms with Crippen molar-refractivity contribution in [2.45, 2.75) is 51.1 Å². The minimum atomic E-state index is -0.773. The van der Waals surface area contributed by atoms with Crippen LogP contribution in [0.2, 0.25) is 0 Å². The van der Waals surface area contributed by atoms with E-state index in [0.29, 0.717) is 23.5 Å². The minimum Gasteiger partial charge on any atom is -0.476 e. The van der Waals surface area contributed by atoms with Gasteiger partial charge in [-0.1, -0.05) is 0 Å². The van der Waals surface area contributed by atoms with E-state index in [1.165, 1.54) is 6.33 Å². The smallest absolute Gasteiger partial charge is 0.246 e. The normalized spacial score (nSPS) is 30.7. The van der Waals surface area contributed by atoms with E-state index in [4.69, 9.17) is 24.7 Å². The Morgan fingerprint density at radius 3 is 2.80 bits per heavy atom. The lowest BCUT2D eigenvalue weighted by molar-refractivity contribution is -0.201. The van der Waals surface area contributed by atoms with Crippen LogP contribution in [0.3, 0.4) is 0 Å². The third kappa shape index (κ3) is 2.53. The number of hydrogen-bond acceptors (Lipinski definition) is 9. The predicted octanol–water partition coefficient (Wildman–Crippen LogP) is 0.217. The van der Waals surface area contributed by atoms with Crippen molar-refractivity contribution in [3.05, 3.63) is 6.33 Å². The van der Waals surface area contributed by atoms with Gasteiger partial charge in [-0.25, -0.2) is 14.6 Å². The van der Waals surface area contributed by atoms with Gasteiger partial charge in [0.1, 0.15) is 35.8 Å². The van der Waals surface area contributed by atoms with Gasteiger partial charge in [0.25, 0.3) is 0 Å². The molecule has 2 fully saturated rings. The molecule has 2 aromatic rings. The fourth-order valence-corrected chi connectivity index (χ4v) is 3.38. The fourth-order valence-electron chi connectivity index (χ4n) is 3.38. The Morgan fingerprint density at radius 2 is 2.08 bits per heavy atom. The van der Waals surface area contributed by atoms with E-state index in [1.807, 2.05) is 20.8 Å². The number of aliphatic hydroxyl groups is 1. The lowest BCUT2D eigenvalue weighted by Gasteiger charge is -2.23. The molecule has 0 saturated carbocycles. The molecule has 10 heteroatoms. The van der Waals surface area contributed by atoms with Crippen molar-refractivity contribution in [3.63, 3.8) is 0 Å². The number of aliphatic hydroxyl groups excluding tert-OH is 1. The summed E-state index contributed by atoms with van der Waals surface area (Å²) in [5, 5.41) is 14.6. The van der Waals surface area contributed by atoms with Crippen LogP contribution in [0.15, 0.2) is 6.33 Å². The maximum Gasteiger partial charge on any atom is 0.246 e. The highest BCUT2D eigenvalue weighted by Crippen LogP contribution is 2.44. The second-order valence-corrected chi connectivity index (χ2v) is 6.45. The second kappa shape index (κ2) is 5.77. The zero-order valence-electron chi connectivity index (χ0n) is 14.2. The van der Waals surface area contributed by atoms with Gasteiger partial charge < -0.3 is 29.8 Å². The molecule has 2 saturated heterocycles. The van der Waals surface area contributed by atoms with E-state index in [2.05, 4.69) is 15.1 Å². The number of nitrogen functional groups attached to an aromatic ring is 1. The summed E-state index contributed by atoms with van der Waals surface area (Å²) < 4.78 is 24.9. The summed E-state index contributed by atoms with van der Waals surface area (Å²) >= 11 is 0. The summed E-state index contributed by atoms with van der Waals surface area (Å²) in [7, 11) is 0. The summed E-state index contributed by atoms with van der Waals surface area (Å²) in [5.74, 6) is -0.164. The van der Waals surface area contributed by atoms with Crippen LogP contribution in [0.25, 0.3) is 11.0 Å². The van der Waals surface area contributed by atoms with E-state index in [0.717, 1.165) is 0 Å². The van der Waals surface area contributed by atoms with Gasteiger partial charge >= 0.3 is 0 Å². The van der Waals surface area contributed by atoms with Crippen LogP contribution in [-0.4, -0.2) is 62.2 Å². The van der Waals surface area contributed by atoms with Crippen LogP contribution in [0.4, 0.5) is 5.82 Å². The monoisotopic (exact) mass is 351 g/mol. The van der Waals surface area contributed by atoms with E-state index in [-0.39, 0.29) is 12.4 Å². The Bertz CT molecular complexity index is 794. The van der Waals surface area contributed by atoms with Gasteiger partial charge in [-0.2, -0.15) is 0 Å². The van der Waals surface area contributed by atoms with Gasteiger partial charge in [-0.3, -0.25) is 0 Å². The molecule has 10 nitrogen and oxygen atoms in total. The average molecular weight is 351 g/mol. The van der Waals surface area contributed by atoms with Crippen molar-refractivity contribution >= 4 is 16.9 Å². The van der Waals surface area contributed by atoms with Gasteiger partial charge in [-0.05, 0) is 20.8 Å². The lowest BCUT2D eigenvalue weighted by atomic mass is 10.1. The molecular weight excluding hydrogens is 330 g/mol. The molecule has 4 rings (SSSR count). The van der Waals surface area contributed by atoms with E-state index < -0.39 is 30.3 Å². The van der Waals surface area contributed by atoms with Crippen molar-refractivity contribution < 1.29 is 24.1 Å². The minimum absolute atomic E-state index is 0.189. The summed E-state index contributed by atoms with van der Waals surface area (Å²) in [5.41, 5.74) is 6.46. The van der Waals surface area contributed by atoms with Crippen molar-refractivity contribution in [2.75, 3.05) is 18.9 Å². The van der Waals surface area contributed by atoms with Gasteiger partial charge in [0.15, 0.2) is 17.7 Å². The van der Waals surface area contributed by atoms with E-state index in [1.54, 1.807) is 4.68 Å². The SMILES string of the molecule is CCOc1nn([C@@H]2O[C@H](CO)[C@H]3OC(C)(C)O[C@H]32)c2ncnc(N)c12. The molecule has 136 valence electrons. The Hall–Kier alpha value is -2.01. The lowest BCUT2D eigenvalue weighted by Crippen LogP contribution is -2.31. The molecule has 0 spiro atoms. The highest BCUT2D eigenvalue weighted by Gasteiger charge is 2.56. The van der Waals surface area contributed by atoms with Crippen molar-refractivity contribution in [1.82, 2.24) is 19.7 Å². The molecule has 4 atom stereocenters. The topological polar surface area (TPSA) is 127 Å². The quantitative estimate of drug-likeness (QED) is 0.795. The summed E-state index contributed by atoms with van der Waals surface area (Å²) in [6, 6.07) is 0. The molecule has 0 radical (unpaired) electrons. The highest BCUT2D eigenvalue weighted by atomic mass is 16.8. The van der Waals surface area contributed by atoms with Gasteiger partial charge in [-0.15, -0.1) is 5.10 Å². The molecule has 2 aliphatic rings. The van der Waals surface area contributed by atoms with Crippen LogP contribution in [0.1, 0.15) is 27.0 Å². The van der Waals surface area contributed by atoms with Gasteiger partial charge in [0.05, 0.1) is 13.2 Å².